The molecule has 0 fully saturated rings. The van der Waals surface area contributed by atoms with Crippen LogP contribution in [0, 0.1) is 11.3 Å². The summed E-state index contributed by atoms with van der Waals surface area (Å²) in [5.74, 6) is 0.826. The van der Waals surface area contributed by atoms with Crippen LogP contribution in [0.25, 0.3) is 11.4 Å². The van der Waals surface area contributed by atoms with Gasteiger partial charge < -0.3 is 4.57 Å². The summed E-state index contributed by atoms with van der Waals surface area (Å²) >= 11 is 1.38. The summed E-state index contributed by atoms with van der Waals surface area (Å²) in [6.45, 7) is 2.80. The van der Waals surface area contributed by atoms with Crippen LogP contribution in [-0.2, 0) is 6.54 Å². The molecule has 1 aromatic carbocycles. The van der Waals surface area contributed by atoms with Crippen LogP contribution in [0.2, 0.25) is 0 Å². The number of aromatic nitrogens is 5. The van der Waals surface area contributed by atoms with E-state index in [1.54, 1.807) is 12.1 Å². The lowest BCUT2D eigenvalue weighted by molar-refractivity contribution is 0.686. The zero-order valence-electron chi connectivity index (χ0n) is 11.8. The fraction of sp³-hybridized carbons (Fsp3) is 0.133. The highest BCUT2D eigenvalue weighted by molar-refractivity contribution is 7.99. The van der Waals surface area contributed by atoms with Gasteiger partial charge in [0, 0.05) is 12.1 Å². The molecule has 0 saturated carbocycles. The molecule has 0 radical (unpaired) electrons. The molecule has 2 heterocycles. The Morgan fingerprint density at radius 1 is 1.05 bits per heavy atom. The van der Waals surface area contributed by atoms with Gasteiger partial charge >= 0.3 is 0 Å². The molecule has 0 amide bonds. The number of nitriles is 1. The minimum atomic E-state index is 0.297. The molecule has 0 aliphatic rings. The first-order chi connectivity index (χ1) is 10.8. The molecule has 0 bridgehead atoms. The van der Waals surface area contributed by atoms with E-state index < -0.39 is 0 Å². The van der Waals surface area contributed by atoms with E-state index in [1.807, 2.05) is 47.9 Å². The molecule has 108 valence electrons. The van der Waals surface area contributed by atoms with E-state index in [2.05, 4.69) is 20.4 Å². The molecule has 0 aliphatic heterocycles. The van der Waals surface area contributed by atoms with Gasteiger partial charge in [-0.2, -0.15) is 5.26 Å². The molecule has 0 atom stereocenters. The van der Waals surface area contributed by atoms with Crippen LogP contribution < -0.4 is 0 Å². The van der Waals surface area contributed by atoms with Crippen molar-refractivity contribution in [1.82, 2.24) is 25.0 Å². The van der Waals surface area contributed by atoms with E-state index in [0.717, 1.165) is 23.1 Å². The Hall–Kier alpha value is -2.72. The van der Waals surface area contributed by atoms with Gasteiger partial charge in [0.2, 0.25) is 0 Å². The number of rotatable bonds is 4. The molecule has 0 N–H and O–H groups in total. The number of hydrogen-bond donors (Lipinski definition) is 0. The SMILES string of the molecule is CCn1c(Sc2ccc(C#N)nn2)nnc1-c1ccccc1. The third-order valence-electron chi connectivity index (χ3n) is 3.02. The van der Waals surface area contributed by atoms with Crippen LogP contribution in [0.5, 0.6) is 0 Å². The molecule has 3 rings (SSSR count). The number of hydrogen-bond acceptors (Lipinski definition) is 6. The monoisotopic (exact) mass is 308 g/mol. The van der Waals surface area contributed by atoms with Gasteiger partial charge in [0.25, 0.3) is 0 Å². The van der Waals surface area contributed by atoms with E-state index >= 15 is 0 Å². The zero-order valence-corrected chi connectivity index (χ0v) is 12.7. The molecule has 7 heteroatoms. The minimum absolute atomic E-state index is 0.297. The molecule has 0 spiro atoms. The first-order valence-electron chi connectivity index (χ1n) is 6.72. The molecule has 0 unspecified atom stereocenters. The fourth-order valence-electron chi connectivity index (χ4n) is 1.98. The van der Waals surface area contributed by atoms with Gasteiger partial charge in [-0.25, -0.2) is 0 Å². The Labute approximate surface area is 131 Å². The Kier molecular flexibility index (Phi) is 4.12. The average molecular weight is 308 g/mol. The summed E-state index contributed by atoms with van der Waals surface area (Å²) < 4.78 is 2.03. The van der Waals surface area contributed by atoms with Crippen LogP contribution in [0.3, 0.4) is 0 Å². The highest BCUT2D eigenvalue weighted by atomic mass is 32.2. The highest BCUT2D eigenvalue weighted by Crippen LogP contribution is 2.27. The van der Waals surface area contributed by atoms with Crippen molar-refractivity contribution in [2.24, 2.45) is 0 Å². The van der Waals surface area contributed by atoms with Crippen LogP contribution in [0.1, 0.15) is 12.6 Å². The normalized spacial score (nSPS) is 10.4. The van der Waals surface area contributed by atoms with Gasteiger partial charge in [0.1, 0.15) is 11.1 Å². The van der Waals surface area contributed by atoms with Crippen molar-refractivity contribution in [1.29, 1.82) is 5.26 Å². The molecule has 0 saturated heterocycles. The number of nitrogens with zero attached hydrogens (tertiary/aromatic N) is 6. The lowest BCUT2D eigenvalue weighted by Gasteiger charge is -2.06. The van der Waals surface area contributed by atoms with Crippen molar-refractivity contribution < 1.29 is 0 Å². The second-order valence-electron chi connectivity index (χ2n) is 4.39. The summed E-state index contributed by atoms with van der Waals surface area (Å²) in [6, 6.07) is 15.3. The highest BCUT2D eigenvalue weighted by Gasteiger charge is 2.14. The summed E-state index contributed by atoms with van der Waals surface area (Å²) in [5.41, 5.74) is 1.32. The fourth-order valence-corrected chi connectivity index (χ4v) is 2.79. The first kappa shape index (κ1) is 14.2. The van der Waals surface area contributed by atoms with E-state index in [1.165, 1.54) is 11.8 Å². The molecule has 0 aliphatic carbocycles. The summed E-state index contributed by atoms with van der Waals surface area (Å²) in [7, 11) is 0. The van der Waals surface area contributed by atoms with Crippen LogP contribution in [-0.4, -0.2) is 25.0 Å². The largest absolute Gasteiger partial charge is 0.302 e. The third kappa shape index (κ3) is 2.82. The van der Waals surface area contributed by atoms with Gasteiger partial charge in [-0.15, -0.1) is 20.4 Å². The predicted molar refractivity (Wildman–Crippen MR) is 82.0 cm³/mol. The summed E-state index contributed by atoms with van der Waals surface area (Å²) in [5, 5.41) is 26.5. The van der Waals surface area contributed by atoms with E-state index in [9.17, 15) is 0 Å². The maximum absolute atomic E-state index is 8.74. The number of benzene rings is 1. The van der Waals surface area contributed by atoms with Gasteiger partial charge in [-0.3, -0.25) is 0 Å². The third-order valence-corrected chi connectivity index (χ3v) is 3.93. The van der Waals surface area contributed by atoms with Crippen LogP contribution in [0.4, 0.5) is 0 Å². The summed E-state index contributed by atoms with van der Waals surface area (Å²) in [4.78, 5) is 0. The van der Waals surface area contributed by atoms with E-state index in [-0.39, 0.29) is 0 Å². The van der Waals surface area contributed by atoms with Crippen molar-refractivity contribution in [2.75, 3.05) is 0 Å². The predicted octanol–water partition coefficient (Wildman–Crippen LogP) is 2.78. The molecule has 22 heavy (non-hydrogen) atoms. The van der Waals surface area contributed by atoms with Crippen LogP contribution in [0.15, 0.2) is 52.6 Å². The van der Waals surface area contributed by atoms with E-state index in [4.69, 9.17) is 5.26 Å². The first-order valence-corrected chi connectivity index (χ1v) is 7.53. The Balaban J connectivity index is 1.91. The van der Waals surface area contributed by atoms with Gasteiger partial charge in [-0.05, 0) is 30.8 Å². The molecular formula is C15H12N6S. The van der Waals surface area contributed by atoms with Crippen molar-refractivity contribution in [3.8, 4) is 17.5 Å². The van der Waals surface area contributed by atoms with Crippen molar-refractivity contribution in [3.63, 3.8) is 0 Å². The van der Waals surface area contributed by atoms with Crippen LogP contribution >= 0.6 is 11.8 Å². The lowest BCUT2D eigenvalue weighted by atomic mass is 10.2. The van der Waals surface area contributed by atoms with Gasteiger partial charge in [0.15, 0.2) is 16.7 Å². The molecule has 6 nitrogen and oxygen atoms in total. The van der Waals surface area contributed by atoms with Gasteiger partial charge in [0.05, 0.1) is 0 Å². The molecule has 3 aromatic rings. The second-order valence-corrected chi connectivity index (χ2v) is 5.37. The quantitative estimate of drug-likeness (QED) is 0.737. The van der Waals surface area contributed by atoms with Crippen molar-refractivity contribution in [3.05, 3.63) is 48.2 Å². The summed E-state index contributed by atoms with van der Waals surface area (Å²) in [6.07, 6.45) is 0. The Bertz CT molecular complexity index is 804. The standard InChI is InChI=1S/C15H12N6S/c1-2-21-14(11-6-4-3-5-7-11)19-20-15(21)22-13-9-8-12(10-16)17-18-13/h3-9H,2H2,1H3. The molecular weight excluding hydrogens is 296 g/mol. The van der Waals surface area contributed by atoms with Crippen molar-refractivity contribution >= 4 is 11.8 Å². The average Bonchev–Trinajstić information content (AvgIpc) is 2.99. The van der Waals surface area contributed by atoms with E-state index in [0.29, 0.717) is 10.7 Å². The van der Waals surface area contributed by atoms with Crippen molar-refractivity contribution in [2.45, 2.75) is 23.7 Å². The smallest absolute Gasteiger partial charge is 0.197 e. The second kappa shape index (κ2) is 6.37. The maximum atomic E-state index is 8.74. The minimum Gasteiger partial charge on any atom is -0.302 e. The maximum Gasteiger partial charge on any atom is 0.197 e. The molecule has 2 aromatic heterocycles. The Morgan fingerprint density at radius 2 is 1.86 bits per heavy atom. The van der Waals surface area contributed by atoms with Gasteiger partial charge in [-0.1, -0.05) is 30.3 Å². The zero-order chi connectivity index (χ0) is 15.4. The Morgan fingerprint density at radius 3 is 2.50 bits per heavy atom. The topological polar surface area (TPSA) is 80.3 Å². The lowest BCUT2D eigenvalue weighted by Crippen LogP contribution is -2.00.